The van der Waals surface area contributed by atoms with Gasteiger partial charge in [-0.2, -0.15) is 0 Å². The van der Waals surface area contributed by atoms with Crippen molar-refractivity contribution in [2.75, 3.05) is 4.90 Å². The number of nitrogens with zero attached hydrogens (tertiary/aromatic N) is 1. The van der Waals surface area contributed by atoms with Crippen LogP contribution < -0.4 is 4.90 Å². The molecule has 264 valence electrons. The Labute approximate surface area is 322 Å². The van der Waals surface area contributed by atoms with Gasteiger partial charge in [-0.3, -0.25) is 0 Å². The van der Waals surface area contributed by atoms with Crippen molar-refractivity contribution in [3.8, 4) is 33.4 Å². The Hall–Kier alpha value is -5.86. The van der Waals surface area contributed by atoms with E-state index in [9.17, 15) is 0 Å². The first-order valence-corrected chi connectivity index (χ1v) is 20.4. The normalized spacial score (nSPS) is 26.3. The number of para-hydroxylation sites is 3. The molecule has 6 atom stereocenters. The second-order valence-corrected chi connectivity index (χ2v) is 17.4. The summed E-state index contributed by atoms with van der Waals surface area (Å²) < 4.78 is 6.48. The van der Waals surface area contributed by atoms with E-state index < -0.39 is 0 Å². The molecule has 0 radical (unpaired) electrons. The predicted octanol–water partition coefficient (Wildman–Crippen LogP) is 14.1. The van der Waals surface area contributed by atoms with Crippen molar-refractivity contribution in [1.29, 1.82) is 0 Å². The van der Waals surface area contributed by atoms with Crippen molar-refractivity contribution >= 4 is 39.0 Å². The summed E-state index contributed by atoms with van der Waals surface area (Å²) in [6, 6.07) is 60.9. The van der Waals surface area contributed by atoms with Gasteiger partial charge in [0.2, 0.25) is 0 Å². The topological polar surface area (TPSA) is 16.4 Å². The van der Waals surface area contributed by atoms with Gasteiger partial charge in [-0.25, -0.2) is 0 Å². The smallest absolute Gasteiger partial charge is 0.143 e. The highest BCUT2D eigenvalue weighted by molar-refractivity contribution is 6.09. The van der Waals surface area contributed by atoms with Crippen LogP contribution in [0.5, 0.6) is 0 Å². The highest BCUT2D eigenvalue weighted by Crippen LogP contribution is 2.83. The molecule has 4 saturated carbocycles. The van der Waals surface area contributed by atoms with Gasteiger partial charge in [0.15, 0.2) is 0 Å². The summed E-state index contributed by atoms with van der Waals surface area (Å²) in [5.74, 6) is 3.35. The molecule has 6 unspecified atom stereocenters. The fourth-order valence-corrected chi connectivity index (χ4v) is 13.3. The Morgan fingerprint density at radius 2 is 1.18 bits per heavy atom. The van der Waals surface area contributed by atoms with Crippen LogP contribution in [0.1, 0.15) is 43.2 Å². The van der Waals surface area contributed by atoms with E-state index in [-0.39, 0.29) is 5.41 Å². The van der Waals surface area contributed by atoms with Crippen molar-refractivity contribution in [1.82, 2.24) is 0 Å². The summed E-state index contributed by atoms with van der Waals surface area (Å²) in [5, 5.41) is 2.32. The number of furan rings is 1. The van der Waals surface area contributed by atoms with Crippen LogP contribution in [0.15, 0.2) is 168 Å². The van der Waals surface area contributed by atoms with E-state index in [1.54, 1.807) is 11.1 Å². The molecular weight excluding hydrogens is 667 g/mol. The second-order valence-electron chi connectivity index (χ2n) is 17.4. The molecule has 0 saturated heterocycles. The molecule has 0 aliphatic heterocycles. The average molecular weight is 708 g/mol. The summed E-state index contributed by atoms with van der Waals surface area (Å²) in [5.41, 5.74) is 17.0. The molecule has 1 heterocycles. The molecule has 8 aromatic rings. The molecule has 2 spiro atoms. The van der Waals surface area contributed by atoms with Gasteiger partial charge < -0.3 is 9.32 Å². The Morgan fingerprint density at radius 1 is 0.491 bits per heavy atom. The first-order valence-electron chi connectivity index (χ1n) is 20.4. The largest absolute Gasteiger partial charge is 0.455 e. The lowest BCUT2D eigenvalue weighted by Crippen LogP contribution is -2.50. The lowest BCUT2D eigenvalue weighted by Gasteiger charge is -2.54. The number of hydrogen-bond donors (Lipinski definition) is 0. The summed E-state index contributed by atoms with van der Waals surface area (Å²) >= 11 is 0. The Morgan fingerprint density at radius 3 is 2.09 bits per heavy atom. The molecule has 0 N–H and O–H groups in total. The monoisotopic (exact) mass is 707 g/mol. The standard InChI is InChI=1S/C53H41NO/c1-2-11-34(12-3-1)40-13-5-8-19-48(40)54(38-23-21-35(22-24-38)41-16-10-17-45-44-15-6-9-20-49(44)55-51(41)45)39-25-26-43-42-14-4-7-18-46(42)53(47(43)30-39)37-28-33-27-36-29-50(53)52(36,31-33)32-37/h1-26,30,33,36-37,50H,27-29,31-32H2. The van der Waals surface area contributed by atoms with Gasteiger partial charge in [-0.05, 0) is 131 Å². The molecule has 7 aromatic carbocycles. The van der Waals surface area contributed by atoms with E-state index in [0.29, 0.717) is 5.41 Å². The van der Waals surface area contributed by atoms with Crippen molar-refractivity contribution in [2.24, 2.45) is 29.1 Å². The quantitative estimate of drug-likeness (QED) is 0.177. The van der Waals surface area contributed by atoms with E-state index in [4.69, 9.17) is 4.42 Å². The number of fused-ring (bicyclic) bond motifs is 12. The minimum absolute atomic E-state index is 0.118. The van der Waals surface area contributed by atoms with Gasteiger partial charge in [-0.15, -0.1) is 0 Å². The zero-order valence-corrected chi connectivity index (χ0v) is 30.8. The first kappa shape index (κ1) is 30.5. The average Bonchev–Trinajstić information content (AvgIpc) is 3.87. The summed E-state index contributed by atoms with van der Waals surface area (Å²) in [4.78, 5) is 2.53. The van der Waals surface area contributed by atoms with E-state index in [0.717, 1.165) is 62.4 Å². The zero-order valence-electron chi connectivity index (χ0n) is 30.8. The molecule has 3 bridgehead atoms. The van der Waals surface area contributed by atoms with Crippen LogP contribution in [-0.2, 0) is 5.41 Å². The number of rotatable bonds is 5. The van der Waals surface area contributed by atoms with Crippen molar-refractivity contribution < 1.29 is 4.42 Å². The maximum absolute atomic E-state index is 6.48. The van der Waals surface area contributed by atoms with Crippen molar-refractivity contribution in [3.05, 3.63) is 175 Å². The third-order valence-electron chi connectivity index (χ3n) is 15.2. The Bertz CT molecular complexity index is 2850. The molecular formula is C53H41NO. The van der Waals surface area contributed by atoms with Crippen LogP contribution in [0, 0.1) is 29.1 Å². The highest BCUT2D eigenvalue weighted by atomic mass is 16.3. The van der Waals surface area contributed by atoms with Gasteiger partial charge in [0.25, 0.3) is 0 Å². The Kier molecular flexibility index (Phi) is 6.03. The molecule has 55 heavy (non-hydrogen) atoms. The van der Waals surface area contributed by atoms with Crippen LogP contribution in [0.2, 0.25) is 0 Å². The molecule has 0 amide bonds. The lowest BCUT2D eigenvalue weighted by molar-refractivity contribution is -0.0193. The third-order valence-corrected chi connectivity index (χ3v) is 15.2. The number of benzene rings is 7. The molecule has 2 heteroatoms. The van der Waals surface area contributed by atoms with E-state index >= 15 is 0 Å². The fourth-order valence-electron chi connectivity index (χ4n) is 13.3. The maximum atomic E-state index is 6.48. The molecule has 4 fully saturated rings. The van der Waals surface area contributed by atoms with Gasteiger partial charge in [0, 0.05) is 38.7 Å². The molecule has 13 rings (SSSR count). The maximum Gasteiger partial charge on any atom is 0.143 e. The summed E-state index contributed by atoms with van der Waals surface area (Å²) in [6.45, 7) is 0. The zero-order chi connectivity index (χ0) is 35.9. The lowest BCUT2D eigenvalue weighted by atomic mass is 9.49. The molecule has 2 nitrogen and oxygen atoms in total. The van der Waals surface area contributed by atoms with Crippen LogP contribution in [0.3, 0.4) is 0 Å². The van der Waals surface area contributed by atoms with E-state index in [2.05, 4.69) is 163 Å². The van der Waals surface area contributed by atoms with E-state index in [1.165, 1.54) is 65.7 Å². The van der Waals surface area contributed by atoms with Gasteiger partial charge in [-0.1, -0.05) is 127 Å². The fraction of sp³-hybridized carbons (Fsp3) is 0.208. The van der Waals surface area contributed by atoms with Gasteiger partial charge >= 0.3 is 0 Å². The van der Waals surface area contributed by atoms with Crippen LogP contribution in [-0.4, -0.2) is 0 Å². The summed E-state index contributed by atoms with van der Waals surface area (Å²) in [7, 11) is 0. The predicted molar refractivity (Wildman–Crippen MR) is 225 cm³/mol. The van der Waals surface area contributed by atoms with Crippen LogP contribution >= 0.6 is 0 Å². The third kappa shape index (κ3) is 3.90. The van der Waals surface area contributed by atoms with E-state index in [1.807, 2.05) is 6.07 Å². The van der Waals surface area contributed by atoms with Crippen molar-refractivity contribution in [2.45, 2.75) is 37.5 Å². The highest BCUT2D eigenvalue weighted by Gasteiger charge is 2.76. The summed E-state index contributed by atoms with van der Waals surface area (Å²) in [6.07, 6.45) is 7.19. The molecule has 5 aliphatic rings. The first-order chi connectivity index (χ1) is 27.2. The van der Waals surface area contributed by atoms with Crippen molar-refractivity contribution in [3.63, 3.8) is 0 Å². The van der Waals surface area contributed by atoms with Crippen LogP contribution in [0.4, 0.5) is 17.1 Å². The minimum atomic E-state index is 0.118. The van der Waals surface area contributed by atoms with Gasteiger partial charge in [0.05, 0.1) is 5.69 Å². The molecule has 1 aromatic heterocycles. The molecule has 5 aliphatic carbocycles. The minimum Gasteiger partial charge on any atom is -0.455 e. The van der Waals surface area contributed by atoms with Gasteiger partial charge in [0.1, 0.15) is 11.2 Å². The number of anilines is 3. The Balaban J connectivity index is 1.00. The SMILES string of the molecule is c1ccc(-c2ccccc2N(c2ccc(-c3cccc4c3oc3ccccc34)cc2)c2ccc3c(c2)C2(c4ccccc4-3)C3CC4CC5CC2C5(C4)C3)cc1. The number of hydrogen-bond acceptors (Lipinski definition) is 2. The van der Waals surface area contributed by atoms with Crippen LogP contribution in [0.25, 0.3) is 55.3 Å². The second kappa shape index (κ2) is 10.9.